The molecule has 0 unspecified atom stereocenters. The van der Waals surface area contributed by atoms with Gasteiger partial charge in [0.05, 0.1) is 25.0 Å². The first-order valence-electron chi connectivity index (χ1n) is 8.79. The van der Waals surface area contributed by atoms with E-state index in [9.17, 15) is 9.59 Å². The maximum Gasteiger partial charge on any atom is 0.363 e. The number of rotatable bonds is 7. The van der Waals surface area contributed by atoms with E-state index in [2.05, 4.69) is 10.4 Å². The van der Waals surface area contributed by atoms with Crippen molar-refractivity contribution in [3.05, 3.63) is 78.1 Å². The van der Waals surface area contributed by atoms with Gasteiger partial charge < -0.3 is 14.8 Å². The van der Waals surface area contributed by atoms with Gasteiger partial charge in [-0.3, -0.25) is 4.79 Å². The van der Waals surface area contributed by atoms with Crippen LogP contribution in [-0.2, 0) is 9.53 Å². The van der Waals surface area contributed by atoms with E-state index in [0.717, 1.165) is 11.3 Å². The first-order valence-corrected chi connectivity index (χ1v) is 8.79. The van der Waals surface area contributed by atoms with Gasteiger partial charge in [0, 0.05) is 0 Å². The van der Waals surface area contributed by atoms with Gasteiger partial charge in [0.15, 0.2) is 12.4 Å². The number of hydrogen-bond acceptors (Lipinski definition) is 5. The van der Waals surface area contributed by atoms with E-state index >= 15 is 0 Å². The van der Waals surface area contributed by atoms with E-state index in [4.69, 9.17) is 9.47 Å². The fourth-order valence-electron chi connectivity index (χ4n) is 2.67. The monoisotopic (exact) mass is 379 g/mol. The van der Waals surface area contributed by atoms with Gasteiger partial charge in [0.2, 0.25) is 5.69 Å². The Morgan fingerprint density at radius 2 is 1.71 bits per heavy atom. The van der Waals surface area contributed by atoms with Gasteiger partial charge in [-0.1, -0.05) is 48.5 Å². The fourth-order valence-corrected chi connectivity index (χ4v) is 2.67. The van der Waals surface area contributed by atoms with Crippen LogP contribution in [0.5, 0.6) is 5.75 Å². The molecule has 1 atom stereocenters. The van der Waals surface area contributed by atoms with Crippen LogP contribution < -0.4 is 10.1 Å². The zero-order chi connectivity index (χ0) is 19.9. The summed E-state index contributed by atoms with van der Waals surface area (Å²) in [6.45, 7) is 1.46. The zero-order valence-corrected chi connectivity index (χ0v) is 15.7. The highest BCUT2D eigenvalue weighted by Gasteiger charge is 2.21. The standard InChI is InChI=1S/C21H21N3O4/c1-15(16-9-5-3-6-10-16)22-19(25)14-28-21(26)20-18(27-2)13-24(23-20)17-11-7-4-8-12-17/h3-13,15H,14H2,1-2H3,(H,22,25)/t15-/m1/s1. The SMILES string of the molecule is COc1cn(-c2ccccc2)nc1C(=O)OCC(=O)N[C@H](C)c1ccccc1. The average molecular weight is 379 g/mol. The molecule has 0 saturated carbocycles. The van der Waals surface area contributed by atoms with Gasteiger partial charge in [-0.15, -0.1) is 0 Å². The average Bonchev–Trinajstić information content (AvgIpc) is 3.18. The van der Waals surface area contributed by atoms with Crippen LogP contribution in [0.1, 0.15) is 29.0 Å². The van der Waals surface area contributed by atoms with Gasteiger partial charge in [0.25, 0.3) is 5.91 Å². The molecule has 0 aliphatic carbocycles. The summed E-state index contributed by atoms with van der Waals surface area (Å²) in [5.41, 5.74) is 1.75. The smallest absolute Gasteiger partial charge is 0.363 e. The minimum Gasteiger partial charge on any atom is -0.493 e. The zero-order valence-electron chi connectivity index (χ0n) is 15.7. The molecule has 0 bridgehead atoms. The first kappa shape index (κ1) is 19.2. The topological polar surface area (TPSA) is 82.5 Å². The number of para-hydroxylation sites is 1. The van der Waals surface area contributed by atoms with Crippen molar-refractivity contribution in [1.82, 2.24) is 15.1 Å². The van der Waals surface area contributed by atoms with Gasteiger partial charge in [-0.2, -0.15) is 5.10 Å². The van der Waals surface area contributed by atoms with Crippen LogP contribution in [0.4, 0.5) is 0 Å². The molecule has 0 aliphatic rings. The van der Waals surface area contributed by atoms with E-state index in [0.29, 0.717) is 0 Å². The first-order chi connectivity index (χ1) is 13.6. The van der Waals surface area contributed by atoms with Gasteiger partial charge in [-0.25, -0.2) is 9.48 Å². The molecule has 7 heteroatoms. The summed E-state index contributed by atoms with van der Waals surface area (Å²) in [6, 6.07) is 18.6. The Morgan fingerprint density at radius 3 is 2.36 bits per heavy atom. The second kappa shape index (κ2) is 8.85. The van der Waals surface area contributed by atoms with Crippen molar-refractivity contribution in [1.29, 1.82) is 0 Å². The summed E-state index contributed by atoms with van der Waals surface area (Å²) in [5.74, 6) is -0.855. The van der Waals surface area contributed by atoms with E-state index < -0.39 is 18.5 Å². The Balaban J connectivity index is 1.61. The Bertz CT molecular complexity index is 939. The molecule has 0 saturated heterocycles. The molecule has 0 spiro atoms. The normalized spacial score (nSPS) is 11.5. The quantitative estimate of drug-likeness (QED) is 0.638. The number of nitrogens with zero attached hydrogens (tertiary/aromatic N) is 2. The molecule has 0 radical (unpaired) electrons. The van der Waals surface area contributed by atoms with Crippen LogP contribution in [0.3, 0.4) is 0 Å². The molecular weight excluding hydrogens is 358 g/mol. The predicted octanol–water partition coefficient (Wildman–Crippen LogP) is 2.92. The number of carbonyl (C=O) groups is 2. The highest BCUT2D eigenvalue weighted by atomic mass is 16.5. The molecular formula is C21H21N3O4. The minimum atomic E-state index is -0.728. The largest absolute Gasteiger partial charge is 0.493 e. The molecule has 144 valence electrons. The maximum absolute atomic E-state index is 12.4. The summed E-state index contributed by atoms with van der Waals surface area (Å²) in [5, 5.41) is 7.01. The molecule has 7 nitrogen and oxygen atoms in total. The second-order valence-corrected chi connectivity index (χ2v) is 6.10. The van der Waals surface area contributed by atoms with E-state index in [1.165, 1.54) is 11.8 Å². The van der Waals surface area contributed by atoms with Gasteiger partial charge >= 0.3 is 5.97 Å². The van der Waals surface area contributed by atoms with Crippen molar-refractivity contribution in [2.75, 3.05) is 13.7 Å². The summed E-state index contributed by atoms with van der Waals surface area (Å²) in [4.78, 5) is 24.5. The number of esters is 1. The van der Waals surface area contributed by atoms with Crippen molar-refractivity contribution < 1.29 is 19.1 Å². The van der Waals surface area contributed by atoms with Crippen LogP contribution in [0, 0.1) is 0 Å². The van der Waals surface area contributed by atoms with Crippen LogP contribution in [0.25, 0.3) is 5.69 Å². The highest BCUT2D eigenvalue weighted by Crippen LogP contribution is 2.20. The molecule has 2 aromatic carbocycles. The van der Waals surface area contributed by atoms with Crippen molar-refractivity contribution in [2.24, 2.45) is 0 Å². The number of hydrogen-bond donors (Lipinski definition) is 1. The summed E-state index contributed by atoms with van der Waals surface area (Å²) < 4.78 is 11.8. The van der Waals surface area contributed by atoms with Crippen LogP contribution >= 0.6 is 0 Å². The number of carbonyl (C=O) groups excluding carboxylic acids is 2. The third kappa shape index (κ3) is 4.56. The van der Waals surface area contributed by atoms with Crippen LogP contribution in [-0.4, -0.2) is 35.4 Å². The van der Waals surface area contributed by atoms with E-state index in [1.54, 1.807) is 6.20 Å². The maximum atomic E-state index is 12.4. The third-order valence-corrected chi connectivity index (χ3v) is 4.13. The predicted molar refractivity (Wildman–Crippen MR) is 103 cm³/mol. The Hall–Kier alpha value is -3.61. The number of methoxy groups -OCH3 is 1. The number of aromatic nitrogens is 2. The number of amides is 1. The Kier molecular flexibility index (Phi) is 6.06. The molecule has 0 aliphatic heterocycles. The molecule has 28 heavy (non-hydrogen) atoms. The number of nitrogens with one attached hydrogen (secondary N) is 1. The molecule has 1 heterocycles. The molecule has 1 aromatic heterocycles. The Labute approximate surface area is 162 Å². The lowest BCUT2D eigenvalue weighted by Crippen LogP contribution is -2.31. The fraction of sp³-hybridized carbons (Fsp3) is 0.190. The van der Waals surface area contributed by atoms with Gasteiger partial charge in [0.1, 0.15) is 0 Å². The van der Waals surface area contributed by atoms with Crippen molar-refractivity contribution in [2.45, 2.75) is 13.0 Å². The Morgan fingerprint density at radius 1 is 1.07 bits per heavy atom. The highest BCUT2D eigenvalue weighted by molar-refractivity contribution is 5.92. The summed E-state index contributed by atoms with van der Waals surface area (Å²) in [7, 11) is 1.44. The van der Waals surface area contributed by atoms with Crippen LogP contribution in [0.15, 0.2) is 66.9 Å². The van der Waals surface area contributed by atoms with Gasteiger partial charge in [-0.05, 0) is 24.6 Å². The molecule has 1 N–H and O–H groups in total. The van der Waals surface area contributed by atoms with Crippen molar-refractivity contribution >= 4 is 11.9 Å². The number of benzene rings is 2. The summed E-state index contributed by atoms with van der Waals surface area (Å²) in [6.07, 6.45) is 1.59. The second-order valence-electron chi connectivity index (χ2n) is 6.10. The van der Waals surface area contributed by atoms with E-state index in [-0.39, 0.29) is 17.5 Å². The molecule has 3 rings (SSSR count). The van der Waals surface area contributed by atoms with Crippen molar-refractivity contribution in [3.8, 4) is 11.4 Å². The lowest BCUT2D eigenvalue weighted by molar-refractivity contribution is -0.124. The lowest BCUT2D eigenvalue weighted by atomic mass is 10.1. The number of ether oxygens (including phenoxy) is 2. The summed E-state index contributed by atoms with van der Waals surface area (Å²) >= 11 is 0. The van der Waals surface area contributed by atoms with E-state index in [1.807, 2.05) is 67.6 Å². The van der Waals surface area contributed by atoms with Crippen molar-refractivity contribution in [3.63, 3.8) is 0 Å². The third-order valence-electron chi connectivity index (χ3n) is 4.13. The minimum absolute atomic E-state index is 0.00950. The molecule has 3 aromatic rings. The van der Waals surface area contributed by atoms with Crippen LogP contribution in [0.2, 0.25) is 0 Å². The lowest BCUT2D eigenvalue weighted by Gasteiger charge is -2.14. The molecule has 1 amide bonds. The molecule has 0 fully saturated rings.